The number of amides is 1. The minimum Gasteiger partial charge on any atom is -0.342 e. The number of aromatic nitrogens is 2. The topological polar surface area (TPSA) is 53.4 Å². The molecular formula is C19H27N5O. The maximum atomic E-state index is 12.6. The number of hydrogen-bond acceptors (Lipinski definition) is 4. The molecule has 6 nitrogen and oxygen atoms in total. The molecule has 6 heteroatoms. The predicted molar refractivity (Wildman–Crippen MR) is 98.2 cm³/mol. The molecule has 1 aromatic carbocycles. The van der Waals surface area contributed by atoms with E-state index in [-0.39, 0.29) is 11.9 Å². The van der Waals surface area contributed by atoms with E-state index in [1.54, 1.807) is 6.20 Å². The van der Waals surface area contributed by atoms with E-state index in [4.69, 9.17) is 0 Å². The summed E-state index contributed by atoms with van der Waals surface area (Å²) < 4.78 is 1.96. The average molecular weight is 341 g/mol. The summed E-state index contributed by atoms with van der Waals surface area (Å²) in [5.74, 6) is 0.912. The van der Waals surface area contributed by atoms with Crippen molar-refractivity contribution in [3.05, 3.63) is 54.1 Å². The van der Waals surface area contributed by atoms with Crippen molar-refractivity contribution in [1.29, 1.82) is 0 Å². The second-order valence-corrected chi connectivity index (χ2v) is 6.70. The monoisotopic (exact) mass is 341 g/mol. The van der Waals surface area contributed by atoms with Crippen LogP contribution in [-0.2, 0) is 11.8 Å². The lowest BCUT2D eigenvalue weighted by molar-refractivity contribution is -0.122. The summed E-state index contributed by atoms with van der Waals surface area (Å²) in [6, 6.07) is 9.79. The van der Waals surface area contributed by atoms with Crippen molar-refractivity contribution < 1.29 is 4.79 Å². The Labute approximate surface area is 149 Å². The lowest BCUT2D eigenvalue weighted by Crippen LogP contribution is -2.45. The van der Waals surface area contributed by atoms with Gasteiger partial charge < -0.3 is 19.7 Å². The number of rotatable bonds is 6. The minimum absolute atomic E-state index is 0.0655. The van der Waals surface area contributed by atoms with Crippen LogP contribution in [0.2, 0.25) is 0 Å². The lowest BCUT2D eigenvalue weighted by atomic mass is 10.1. The SMILES string of the molecule is CN1CCN(CCC(=O)N[C@@H](c2ccccc2)c2nccn2C)CC1. The number of aryl methyl sites for hydroxylation is 1. The molecule has 1 N–H and O–H groups in total. The summed E-state index contributed by atoms with van der Waals surface area (Å²) in [7, 11) is 4.09. The molecule has 1 aromatic heterocycles. The second kappa shape index (κ2) is 8.27. The van der Waals surface area contributed by atoms with E-state index in [2.05, 4.69) is 27.1 Å². The number of benzene rings is 1. The van der Waals surface area contributed by atoms with Gasteiger partial charge in [0.25, 0.3) is 0 Å². The van der Waals surface area contributed by atoms with E-state index in [0.717, 1.165) is 44.1 Å². The maximum Gasteiger partial charge on any atom is 0.222 e. The molecule has 0 bridgehead atoms. The van der Waals surface area contributed by atoms with Crippen LogP contribution in [0, 0.1) is 0 Å². The van der Waals surface area contributed by atoms with Gasteiger partial charge in [-0.3, -0.25) is 4.79 Å². The number of imidazole rings is 1. The van der Waals surface area contributed by atoms with Crippen LogP contribution in [0.5, 0.6) is 0 Å². The first kappa shape index (κ1) is 17.6. The molecule has 0 aliphatic carbocycles. The van der Waals surface area contributed by atoms with Crippen LogP contribution < -0.4 is 5.32 Å². The van der Waals surface area contributed by atoms with E-state index in [0.29, 0.717) is 6.42 Å². The van der Waals surface area contributed by atoms with Gasteiger partial charge in [0.2, 0.25) is 5.91 Å². The van der Waals surface area contributed by atoms with Gasteiger partial charge in [0, 0.05) is 58.6 Å². The summed E-state index contributed by atoms with van der Waals surface area (Å²) in [4.78, 5) is 21.7. The van der Waals surface area contributed by atoms with E-state index >= 15 is 0 Å². The van der Waals surface area contributed by atoms with Crippen molar-refractivity contribution in [2.45, 2.75) is 12.5 Å². The lowest BCUT2D eigenvalue weighted by Gasteiger charge is -2.32. The van der Waals surface area contributed by atoms with Crippen LogP contribution in [0.4, 0.5) is 0 Å². The fraction of sp³-hybridized carbons (Fsp3) is 0.474. The number of nitrogens with zero attached hydrogens (tertiary/aromatic N) is 4. The molecule has 0 unspecified atom stereocenters. The van der Waals surface area contributed by atoms with Crippen molar-refractivity contribution in [3.63, 3.8) is 0 Å². The number of likely N-dealkylation sites (N-methyl/N-ethyl adjacent to an activating group) is 1. The summed E-state index contributed by atoms with van der Waals surface area (Å²) in [6.45, 7) is 5.02. The highest BCUT2D eigenvalue weighted by Gasteiger charge is 2.21. The van der Waals surface area contributed by atoms with Gasteiger partial charge >= 0.3 is 0 Å². The molecule has 1 fully saturated rings. The Kier molecular flexibility index (Phi) is 5.83. The molecule has 1 saturated heterocycles. The highest BCUT2D eigenvalue weighted by molar-refractivity contribution is 5.77. The maximum absolute atomic E-state index is 12.6. The van der Waals surface area contributed by atoms with Crippen molar-refractivity contribution >= 4 is 5.91 Å². The Morgan fingerprint density at radius 1 is 1.16 bits per heavy atom. The third kappa shape index (κ3) is 4.67. The Hall–Kier alpha value is -2.18. The molecule has 1 amide bonds. The van der Waals surface area contributed by atoms with E-state index in [9.17, 15) is 4.79 Å². The Morgan fingerprint density at radius 2 is 1.88 bits per heavy atom. The molecule has 0 radical (unpaired) electrons. The zero-order valence-electron chi connectivity index (χ0n) is 15.1. The number of hydrogen-bond donors (Lipinski definition) is 1. The summed E-state index contributed by atoms with van der Waals surface area (Å²) >= 11 is 0. The number of piperazine rings is 1. The Morgan fingerprint density at radius 3 is 2.52 bits per heavy atom. The molecule has 2 heterocycles. The van der Waals surface area contributed by atoms with Gasteiger partial charge in [-0.2, -0.15) is 0 Å². The zero-order valence-corrected chi connectivity index (χ0v) is 15.1. The molecule has 3 rings (SSSR count). The van der Waals surface area contributed by atoms with Crippen molar-refractivity contribution in [2.24, 2.45) is 7.05 Å². The van der Waals surface area contributed by atoms with Crippen molar-refractivity contribution in [1.82, 2.24) is 24.7 Å². The van der Waals surface area contributed by atoms with Crippen LogP contribution in [0.3, 0.4) is 0 Å². The van der Waals surface area contributed by atoms with Gasteiger partial charge in [-0.15, -0.1) is 0 Å². The predicted octanol–water partition coefficient (Wildman–Crippen LogP) is 1.26. The van der Waals surface area contributed by atoms with Crippen LogP contribution >= 0.6 is 0 Å². The highest BCUT2D eigenvalue weighted by Crippen LogP contribution is 2.20. The van der Waals surface area contributed by atoms with Gasteiger partial charge in [0.15, 0.2) is 0 Å². The van der Waals surface area contributed by atoms with Crippen molar-refractivity contribution in [2.75, 3.05) is 39.8 Å². The largest absolute Gasteiger partial charge is 0.342 e. The second-order valence-electron chi connectivity index (χ2n) is 6.70. The van der Waals surface area contributed by atoms with Crippen LogP contribution in [0.15, 0.2) is 42.7 Å². The molecule has 134 valence electrons. The first-order valence-corrected chi connectivity index (χ1v) is 8.86. The van der Waals surface area contributed by atoms with Crippen molar-refractivity contribution in [3.8, 4) is 0 Å². The number of carbonyl (C=O) groups excluding carboxylic acids is 1. The van der Waals surface area contributed by atoms with Gasteiger partial charge in [0.05, 0.1) is 0 Å². The molecule has 25 heavy (non-hydrogen) atoms. The standard InChI is InChI=1S/C19H27N5O/c1-22-12-14-24(15-13-22)10-8-17(25)21-18(16-6-4-3-5-7-16)19-20-9-11-23(19)2/h3-7,9,11,18H,8,10,12-15H2,1-2H3,(H,21,25)/t18-/m0/s1. The molecule has 2 aromatic rings. The smallest absolute Gasteiger partial charge is 0.222 e. The summed E-state index contributed by atoms with van der Waals surface area (Å²) in [5.41, 5.74) is 1.05. The van der Waals surface area contributed by atoms with Crippen LogP contribution in [-0.4, -0.2) is 65.0 Å². The van der Waals surface area contributed by atoms with E-state index < -0.39 is 0 Å². The first-order valence-electron chi connectivity index (χ1n) is 8.86. The van der Waals surface area contributed by atoms with E-state index in [1.807, 2.05) is 48.1 Å². The third-order valence-corrected chi connectivity index (χ3v) is 4.81. The molecule has 1 atom stereocenters. The summed E-state index contributed by atoms with van der Waals surface area (Å²) in [6.07, 6.45) is 4.18. The quantitative estimate of drug-likeness (QED) is 0.860. The minimum atomic E-state index is -0.221. The molecular weight excluding hydrogens is 314 g/mol. The highest BCUT2D eigenvalue weighted by atomic mass is 16.1. The van der Waals surface area contributed by atoms with Gasteiger partial charge in [-0.25, -0.2) is 4.98 Å². The molecule has 0 spiro atoms. The van der Waals surface area contributed by atoms with Gasteiger partial charge in [-0.1, -0.05) is 30.3 Å². The normalized spacial score (nSPS) is 17.4. The Balaban J connectivity index is 1.62. The Bertz CT molecular complexity index is 676. The summed E-state index contributed by atoms with van der Waals surface area (Å²) in [5, 5.41) is 3.17. The molecule has 0 saturated carbocycles. The molecule has 1 aliphatic heterocycles. The third-order valence-electron chi connectivity index (χ3n) is 4.81. The average Bonchev–Trinajstić information content (AvgIpc) is 3.06. The fourth-order valence-electron chi connectivity index (χ4n) is 3.16. The molecule has 1 aliphatic rings. The number of carbonyl (C=O) groups is 1. The van der Waals surface area contributed by atoms with Crippen LogP contribution in [0.25, 0.3) is 0 Å². The van der Waals surface area contributed by atoms with E-state index in [1.165, 1.54) is 0 Å². The van der Waals surface area contributed by atoms with Gasteiger partial charge in [0.1, 0.15) is 11.9 Å². The number of nitrogens with one attached hydrogen (secondary N) is 1. The fourth-order valence-corrected chi connectivity index (χ4v) is 3.16. The first-order chi connectivity index (χ1) is 12.1. The zero-order chi connectivity index (χ0) is 17.6. The van der Waals surface area contributed by atoms with Crippen LogP contribution in [0.1, 0.15) is 23.9 Å². The van der Waals surface area contributed by atoms with Gasteiger partial charge in [-0.05, 0) is 12.6 Å².